The Morgan fingerprint density at radius 1 is 1.42 bits per heavy atom. The molecule has 1 aromatic rings. The van der Waals surface area contributed by atoms with Gasteiger partial charge in [0.1, 0.15) is 11.6 Å². The molecule has 0 radical (unpaired) electrons. The highest BCUT2D eigenvalue weighted by molar-refractivity contribution is 9.10. The zero-order valence-corrected chi connectivity index (χ0v) is 12.7. The number of piperidine rings is 1. The third kappa shape index (κ3) is 3.23. The lowest BCUT2D eigenvalue weighted by Crippen LogP contribution is -2.42. The summed E-state index contributed by atoms with van der Waals surface area (Å²) in [5.74, 6) is -0.124. The average molecular weight is 328 g/mol. The first-order chi connectivity index (χ1) is 9.07. The molecule has 0 saturated carbocycles. The van der Waals surface area contributed by atoms with Crippen molar-refractivity contribution in [3.8, 4) is 0 Å². The first kappa shape index (κ1) is 14.7. The van der Waals surface area contributed by atoms with Crippen molar-refractivity contribution in [1.82, 2.24) is 5.32 Å². The minimum absolute atomic E-state index is 0.178. The number of benzene rings is 1. The highest BCUT2D eigenvalue weighted by atomic mass is 79.9. The Balaban J connectivity index is 2.15. The van der Waals surface area contributed by atoms with Gasteiger partial charge in [-0.15, -0.1) is 0 Å². The standard InChI is InChI=1S/C15H19BrFNO/c1-2-15(5-7-18-8-6-15)14(19)9-11-3-4-12(16)10-13(11)17/h3-4,10,18H,2,5-9H2,1H3. The van der Waals surface area contributed by atoms with E-state index in [1.807, 2.05) is 0 Å². The van der Waals surface area contributed by atoms with Crippen LogP contribution in [0.2, 0.25) is 0 Å². The number of hydrogen-bond donors (Lipinski definition) is 1. The van der Waals surface area contributed by atoms with Crippen LogP contribution in [-0.4, -0.2) is 18.9 Å². The van der Waals surface area contributed by atoms with Crippen LogP contribution in [0.1, 0.15) is 31.7 Å². The summed E-state index contributed by atoms with van der Waals surface area (Å²) < 4.78 is 14.5. The summed E-state index contributed by atoms with van der Waals surface area (Å²) in [5, 5.41) is 3.28. The molecule has 0 atom stereocenters. The molecular formula is C15H19BrFNO. The molecule has 104 valence electrons. The molecule has 1 heterocycles. The fourth-order valence-electron chi connectivity index (χ4n) is 2.76. The van der Waals surface area contributed by atoms with E-state index in [0.717, 1.165) is 32.4 Å². The van der Waals surface area contributed by atoms with Gasteiger partial charge in [0.15, 0.2) is 0 Å². The molecule has 1 N–H and O–H groups in total. The highest BCUT2D eigenvalue weighted by Crippen LogP contribution is 2.35. The number of ketones is 1. The van der Waals surface area contributed by atoms with Crippen LogP contribution in [0.3, 0.4) is 0 Å². The van der Waals surface area contributed by atoms with Gasteiger partial charge in [0.2, 0.25) is 0 Å². The van der Waals surface area contributed by atoms with Crippen molar-refractivity contribution in [3.05, 3.63) is 34.1 Å². The molecule has 0 amide bonds. The van der Waals surface area contributed by atoms with Gasteiger partial charge in [-0.1, -0.05) is 28.9 Å². The molecule has 2 rings (SSSR count). The lowest BCUT2D eigenvalue weighted by Gasteiger charge is -2.35. The van der Waals surface area contributed by atoms with Crippen molar-refractivity contribution >= 4 is 21.7 Å². The number of Topliss-reactive ketones (excluding diaryl/α,β-unsaturated/α-hetero) is 1. The van der Waals surface area contributed by atoms with Gasteiger partial charge in [-0.3, -0.25) is 4.79 Å². The molecule has 1 saturated heterocycles. The predicted octanol–water partition coefficient (Wildman–Crippen LogP) is 3.48. The van der Waals surface area contributed by atoms with E-state index >= 15 is 0 Å². The molecule has 1 aliphatic rings. The topological polar surface area (TPSA) is 29.1 Å². The van der Waals surface area contributed by atoms with Gasteiger partial charge in [-0.05, 0) is 50.0 Å². The van der Waals surface area contributed by atoms with Gasteiger partial charge >= 0.3 is 0 Å². The van der Waals surface area contributed by atoms with Crippen LogP contribution < -0.4 is 5.32 Å². The summed E-state index contributed by atoms with van der Waals surface area (Å²) in [5.41, 5.74) is 0.240. The van der Waals surface area contributed by atoms with Crippen LogP contribution >= 0.6 is 15.9 Å². The van der Waals surface area contributed by atoms with E-state index in [1.165, 1.54) is 6.07 Å². The fraction of sp³-hybridized carbons (Fsp3) is 0.533. The summed E-state index contributed by atoms with van der Waals surface area (Å²) in [6, 6.07) is 4.90. The maximum atomic E-state index is 13.8. The lowest BCUT2D eigenvalue weighted by molar-refractivity contribution is -0.129. The van der Waals surface area contributed by atoms with Crippen molar-refractivity contribution < 1.29 is 9.18 Å². The summed E-state index contributed by atoms with van der Waals surface area (Å²) >= 11 is 3.23. The van der Waals surface area contributed by atoms with Crippen LogP contribution in [-0.2, 0) is 11.2 Å². The normalized spacial score (nSPS) is 18.3. The van der Waals surface area contributed by atoms with Crippen LogP contribution in [0, 0.1) is 11.2 Å². The van der Waals surface area contributed by atoms with E-state index in [9.17, 15) is 9.18 Å². The number of rotatable bonds is 4. The van der Waals surface area contributed by atoms with Gasteiger partial charge < -0.3 is 5.32 Å². The van der Waals surface area contributed by atoms with Gasteiger partial charge in [0.05, 0.1) is 0 Å². The molecule has 0 aromatic heterocycles. The van der Waals surface area contributed by atoms with Crippen molar-refractivity contribution in [1.29, 1.82) is 0 Å². The molecular weight excluding hydrogens is 309 g/mol. The third-order valence-electron chi connectivity index (χ3n) is 4.20. The molecule has 0 spiro atoms. The van der Waals surface area contributed by atoms with E-state index in [-0.39, 0.29) is 23.4 Å². The molecule has 1 aliphatic heterocycles. The van der Waals surface area contributed by atoms with Crippen LogP contribution in [0.5, 0.6) is 0 Å². The van der Waals surface area contributed by atoms with E-state index in [2.05, 4.69) is 28.2 Å². The third-order valence-corrected chi connectivity index (χ3v) is 4.69. The lowest BCUT2D eigenvalue weighted by atomic mass is 9.71. The summed E-state index contributed by atoms with van der Waals surface area (Å²) in [6.45, 7) is 3.81. The number of hydrogen-bond acceptors (Lipinski definition) is 2. The molecule has 4 heteroatoms. The SMILES string of the molecule is CCC1(C(=O)Cc2ccc(Br)cc2F)CCNCC1. The molecule has 1 aromatic carbocycles. The minimum Gasteiger partial charge on any atom is -0.317 e. The first-order valence-corrected chi connectivity index (χ1v) is 7.55. The van der Waals surface area contributed by atoms with Crippen molar-refractivity contribution in [2.45, 2.75) is 32.6 Å². The number of carbonyl (C=O) groups is 1. The second-order valence-corrected chi connectivity index (χ2v) is 6.14. The van der Waals surface area contributed by atoms with Crippen LogP contribution in [0.25, 0.3) is 0 Å². The van der Waals surface area contributed by atoms with E-state index in [4.69, 9.17) is 0 Å². The van der Waals surface area contributed by atoms with Gasteiger partial charge in [0, 0.05) is 16.3 Å². The molecule has 0 unspecified atom stereocenters. The van der Waals surface area contributed by atoms with Gasteiger partial charge in [-0.2, -0.15) is 0 Å². The Hall–Kier alpha value is -0.740. The zero-order chi connectivity index (χ0) is 13.9. The van der Waals surface area contributed by atoms with Crippen molar-refractivity contribution in [2.75, 3.05) is 13.1 Å². The quantitative estimate of drug-likeness (QED) is 0.917. The second-order valence-electron chi connectivity index (χ2n) is 5.22. The zero-order valence-electron chi connectivity index (χ0n) is 11.1. The molecule has 1 fully saturated rings. The molecule has 0 aliphatic carbocycles. The average Bonchev–Trinajstić information content (AvgIpc) is 2.42. The predicted molar refractivity (Wildman–Crippen MR) is 77.6 cm³/mol. The minimum atomic E-state index is -0.303. The Morgan fingerprint density at radius 2 is 2.11 bits per heavy atom. The molecule has 0 bridgehead atoms. The van der Waals surface area contributed by atoms with Crippen LogP contribution in [0.15, 0.2) is 22.7 Å². The Labute approximate surface area is 121 Å². The van der Waals surface area contributed by atoms with E-state index in [1.54, 1.807) is 12.1 Å². The molecule has 19 heavy (non-hydrogen) atoms. The van der Waals surface area contributed by atoms with Crippen molar-refractivity contribution in [2.24, 2.45) is 5.41 Å². The largest absolute Gasteiger partial charge is 0.317 e. The van der Waals surface area contributed by atoms with Gasteiger partial charge in [0.25, 0.3) is 0 Å². The Bertz CT molecular complexity index is 469. The monoisotopic (exact) mass is 327 g/mol. The summed E-state index contributed by atoms with van der Waals surface area (Å²) in [4.78, 5) is 12.6. The highest BCUT2D eigenvalue weighted by Gasteiger charge is 2.37. The smallest absolute Gasteiger partial charge is 0.143 e. The number of nitrogens with one attached hydrogen (secondary N) is 1. The first-order valence-electron chi connectivity index (χ1n) is 6.75. The summed E-state index contributed by atoms with van der Waals surface area (Å²) in [6.07, 6.45) is 2.76. The fourth-order valence-corrected chi connectivity index (χ4v) is 3.09. The maximum Gasteiger partial charge on any atom is 0.143 e. The van der Waals surface area contributed by atoms with E-state index in [0.29, 0.717) is 10.0 Å². The summed E-state index contributed by atoms with van der Waals surface area (Å²) in [7, 11) is 0. The molecule has 2 nitrogen and oxygen atoms in total. The van der Waals surface area contributed by atoms with Crippen molar-refractivity contribution in [3.63, 3.8) is 0 Å². The Kier molecular flexibility index (Phi) is 4.74. The number of carbonyl (C=O) groups excluding carboxylic acids is 1. The second kappa shape index (κ2) is 6.14. The Morgan fingerprint density at radius 3 is 2.68 bits per heavy atom. The maximum absolute atomic E-state index is 13.8. The van der Waals surface area contributed by atoms with Crippen LogP contribution in [0.4, 0.5) is 4.39 Å². The van der Waals surface area contributed by atoms with E-state index < -0.39 is 0 Å². The number of halogens is 2. The van der Waals surface area contributed by atoms with Gasteiger partial charge in [-0.25, -0.2) is 4.39 Å².